The van der Waals surface area contributed by atoms with Gasteiger partial charge in [0.1, 0.15) is 5.75 Å². The van der Waals surface area contributed by atoms with Crippen molar-refractivity contribution in [2.75, 3.05) is 32.1 Å². The van der Waals surface area contributed by atoms with Gasteiger partial charge in [0, 0.05) is 26.3 Å². The van der Waals surface area contributed by atoms with Crippen LogP contribution >= 0.6 is 0 Å². The smallest absolute Gasteiger partial charge is 0.258 e. The first kappa shape index (κ1) is 22.1. The maximum atomic E-state index is 13.2. The Morgan fingerprint density at radius 1 is 1.10 bits per heavy atom. The van der Waals surface area contributed by atoms with Crippen LogP contribution in [0.1, 0.15) is 18.4 Å². The lowest BCUT2D eigenvalue weighted by molar-refractivity contribution is -0.129. The van der Waals surface area contributed by atoms with Crippen LogP contribution in [0.5, 0.6) is 5.75 Å². The summed E-state index contributed by atoms with van der Waals surface area (Å²) in [6.45, 7) is 0.120. The predicted octanol–water partition coefficient (Wildman–Crippen LogP) is 2.24. The average Bonchev–Trinajstić information content (AvgIpc) is 3.57. The monoisotopic (exact) mass is 433 g/mol. The molecule has 9 heteroatoms. The second-order valence-corrected chi connectivity index (χ2v) is 9.53. The first-order chi connectivity index (χ1) is 14.3. The van der Waals surface area contributed by atoms with E-state index in [0.717, 1.165) is 15.6 Å². The van der Waals surface area contributed by atoms with Gasteiger partial charge in [-0.3, -0.25) is 10.0 Å². The van der Waals surface area contributed by atoms with E-state index in [2.05, 4.69) is 0 Å². The average molecular weight is 434 g/mol. The van der Waals surface area contributed by atoms with E-state index in [1.54, 1.807) is 12.1 Å². The maximum Gasteiger partial charge on any atom is 0.258 e. The van der Waals surface area contributed by atoms with Crippen LogP contribution in [-0.2, 0) is 21.4 Å². The fourth-order valence-corrected chi connectivity index (χ4v) is 4.26. The van der Waals surface area contributed by atoms with E-state index in [-0.39, 0.29) is 11.4 Å². The van der Waals surface area contributed by atoms with Crippen LogP contribution in [0.15, 0.2) is 53.4 Å². The van der Waals surface area contributed by atoms with E-state index in [0.29, 0.717) is 18.3 Å². The van der Waals surface area contributed by atoms with Gasteiger partial charge in [-0.15, -0.1) is 0 Å². The van der Waals surface area contributed by atoms with Gasteiger partial charge >= 0.3 is 0 Å². The number of hydroxylamine groups is 1. The third kappa shape index (κ3) is 5.71. The highest BCUT2D eigenvalue weighted by Gasteiger charge is 2.27. The Morgan fingerprint density at radius 3 is 2.27 bits per heavy atom. The van der Waals surface area contributed by atoms with Crippen LogP contribution < -0.4 is 15.1 Å². The van der Waals surface area contributed by atoms with Crippen LogP contribution in [-0.4, -0.2) is 51.1 Å². The van der Waals surface area contributed by atoms with Crippen LogP contribution in [0, 0.1) is 5.92 Å². The van der Waals surface area contributed by atoms with Gasteiger partial charge in [-0.05, 0) is 60.7 Å². The van der Waals surface area contributed by atoms with Crippen molar-refractivity contribution in [2.45, 2.75) is 24.3 Å². The molecule has 1 aliphatic carbocycles. The molecule has 8 nitrogen and oxygen atoms in total. The Kier molecular flexibility index (Phi) is 6.96. The van der Waals surface area contributed by atoms with Crippen LogP contribution in [0.3, 0.4) is 0 Å². The molecule has 2 aromatic rings. The molecule has 0 spiro atoms. The van der Waals surface area contributed by atoms with Crippen molar-refractivity contribution < 1.29 is 23.2 Å². The Hall–Kier alpha value is -2.62. The molecule has 1 amide bonds. The van der Waals surface area contributed by atoms with Gasteiger partial charge in [-0.1, -0.05) is 12.1 Å². The number of nitrogens with one attached hydrogen (secondary N) is 1. The molecular formula is C21H27N3O5S. The van der Waals surface area contributed by atoms with E-state index in [9.17, 15) is 13.2 Å². The van der Waals surface area contributed by atoms with Crippen molar-refractivity contribution in [1.29, 1.82) is 0 Å². The second kappa shape index (κ2) is 9.46. The molecule has 0 radical (unpaired) electrons. The number of amides is 1. The Morgan fingerprint density at radius 2 is 1.73 bits per heavy atom. The summed E-state index contributed by atoms with van der Waals surface area (Å²) in [6, 6.07) is 13.5. The van der Waals surface area contributed by atoms with Crippen LogP contribution in [0.2, 0.25) is 0 Å². The van der Waals surface area contributed by atoms with Crippen molar-refractivity contribution in [3.63, 3.8) is 0 Å². The zero-order chi connectivity index (χ0) is 21.7. The lowest BCUT2D eigenvalue weighted by Crippen LogP contribution is -2.39. The maximum absolute atomic E-state index is 13.2. The summed E-state index contributed by atoms with van der Waals surface area (Å²) in [4.78, 5) is 13.7. The van der Waals surface area contributed by atoms with Gasteiger partial charge in [0.2, 0.25) is 10.0 Å². The van der Waals surface area contributed by atoms with E-state index in [1.165, 1.54) is 30.5 Å². The molecule has 0 unspecified atom stereocenters. The number of ether oxygens (including phenoxy) is 1. The first-order valence-electron chi connectivity index (χ1n) is 9.72. The summed E-state index contributed by atoms with van der Waals surface area (Å²) >= 11 is 0. The van der Waals surface area contributed by atoms with Gasteiger partial charge in [-0.2, -0.15) is 4.31 Å². The minimum atomic E-state index is -3.97. The van der Waals surface area contributed by atoms with Gasteiger partial charge < -0.3 is 9.64 Å². The number of anilines is 1. The molecule has 2 aromatic carbocycles. The summed E-state index contributed by atoms with van der Waals surface area (Å²) in [6.07, 6.45) is 2.34. The fraction of sp³-hybridized carbons (Fsp3) is 0.381. The molecule has 3 rings (SSSR count). The predicted molar refractivity (Wildman–Crippen MR) is 113 cm³/mol. The molecule has 30 heavy (non-hydrogen) atoms. The third-order valence-corrected chi connectivity index (χ3v) is 6.71. The van der Waals surface area contributed by atoms with Gasteiger partial charge in [0.15, 0.2) is 0 Å². The molecule has 0 heterocycles. The quantitative estimate of drug-likeness (QED) is 0.440. The first-order valence-corrected chi connectivity index (χ1v) is 11.2. The second-order valence-electron chi connectivity index (χ2n) is 7.59. The number of carbonyl (C=O) groups excluding carboxylic acids is 1. The zero-order valence-electron chi connectivity index (χ0n) is 17.1. The molecule has 1 aliphatic rings. The largest absolute Gasteiger partial charge is 0.493 e. The molecule has 162 valence electrons. The van der Waals surface area contributed by atoms with Crippen molar-refractivity contribution in [2.24, 2.45) is 5.92 Å². The highest BCUT2D eigenvalue weighted by Crippen LogP contribution is 2.30. The van der Waals surface area contributed by atoms with Gasteiger partial charge in [0.25, 0.3) is 5.91 Å². The highest BCUT2D eigenvalue weighted by atomic mass is 32.2. The van der Waals surface area contributed by atoms with Crippen molar-refractivity contribution in [3.05, 3.63) is 54.1 Å². The number of nitrogens with zero attached hydrogens (tertiary/aromatic N) is 2. The summed E-state index contributed by atoms with van der Waals surface area (Å²) in [7, 11) is -0.147. The molecular weight excluding hydrogens is 406 g/mol. The summed E-state index contributed by atoms with van der Waals surface area (Å²) in [5.41, 5.74) is 3.20. The lowest BCUT2D eigenvalue weighted by Gasteiger charge is -2.22. The molecule has 0 atom stereocenters. The third-order valence-electron chi connectivity index (χ3n) is 4.90. The molecule has 0 aliphatic heterocycles. The minimum absolute atomic E-state index is 0.0105. The van der Waals surface area contributed by atoms with Crippen molar-refractivity contribution >= 4 is 21.6 Å². The number of sulfonamides is 1. The van der Waals surface area contributed by atoms with Crippen LogP contribution in [0.4, 0.5) is 5.69 Å². The summed E-state index contributed by atoms with van der Waals surface area (Å²) in [5, 5.41) is 8.89. The van der Waals surface area contributed by atoms with Crippen LogP contribution in [0.25, 0.3) is 0 Å². The van der Waals surface area contributed by atoms with E-state index < -0.39 is 22.5 Å². The SMILES string of the molecule is CN(C)c1ccc(CN(CC(=O)NO)S(=O)(=O)c2ccc(OCC3CC3)cc2)cc1. The van der Waals surface area contributed by atoms with Crippen molar-refractivity contribution in [1.82, 2.24) is 9.79 Å². The number of hydrogen-bond donors (Lipinski definition) is 2. The molecule has 0 bridgehead atoms. The Balaban J connectivity index is 1.78. The number of carbonyl (C=O) groups is 1. The normalized spacial score (nSPS) is 13.9. The number of benzene rings is 2. The zero-order valence-corrected chi connectivity index (χ0v) is 17.9. The van der Waals surface area contributed by atoms with Crippen molar-refractivity contribution in [3.8, 4) is 5.75 Å². The number of rotatable bonds is 10. The molecule has 0 aromatic heterocycles. The topological polar surface area (TPSA) is 99.2 Å². The Bertz CT molecular complexity index is 955. The molecule has 0 saturated heterocycles. The lowest BCUT2D eigenvalue weighted by atomic mass is 10.2. The molecule has 2 N–H and O–H groups in total. The van der Waals surface area contributed by atoms with Gasteiger partial charge in [-0.25, -0.2) is 13.9 Å². The van der Waals surface area contributed by atoms with Gasteiger partial charge in [0.05, 0.1) is 18.0 Å². The Labute approximate surface area is 177 Å². The molecule has 1 fully saturated rings. The minimum Gasteiger partial charge on any atom is -0.493 e. The summed E-state index contributed by atoms with van der Waals surface area (Å²) in [5.74, 6) is 0.396. The fourth-order valence-electron chi connectivity index (χ4n) is 2.88. The molecule has 1 saturated carbocycles. The highest BCUT2D eigenvalue weighted by molar-refractivity contribution is 7.89. The standard InChI is InChI=1S/C21H27N3O5S/c1-23(2)18-7-5-16(6-8-18)13-24(14-21(25)22-26)30(27,28)20-11-9-19(10-12-20)29-15-17-3-4-17/h5-12,17,26H,3-4,13-15H2,1-2H3,(H,22,25). The number of hydrogen-bond acceptors (Lipinski definition) is 6. The van der Waals surface area contributed by atoms with E-state index in [1.807, 2.05) is 43.3 Å². The summed E-state index contributed by atoms with van der Waals surface area (Å²) < 4.78 is 33.0. The van der Waals surface area contributed by atoms with E-state index >= 15 is 0 Å². The van der Waals surface area contributed by atoms with E-state index in [4.69, 9.17) is 9.94 Å².